The zero-order valence-corrected chi connectivity index (χ0v) is 10.1. The molecule has 84 valence electrons. The summed E-state index contributed by atoms with van der Waals surface area (Å²) in [5.74, 6) is 1.02. The fraction of sp³-hybridized carbons (Fsp3) is 0. The monoisotopic (exact) mass is 263 g/mol. The van der Waals surface area contributed by atoms with Crippen molar-refractivity contribution in [3.63, 3.8) is 0 Å². The van der Waals surface area contributed by atoms with Crippen LogP contribution in [0.2, 0.25) is 5.15 Å². The maximum atomic E-state index is 5.80. The number of rotatable bonds is 2. The van der Waals surface area contributed by atoms with Crippen molar-refractivity contribution in [2.24, 2.45) is 0 Å². The van der Waals surface area contributed by atoms with Crippen LogP contribution in [-0.4, -0.2) is 15.1 Å². The lowest BCUT2D eigenvalue weighted by atomic mass is 10.3. The molecule has 3 rings (SSSR count). The van der Waals surface area contributed by atoms with E-state index < -0.39 is 0 Å². The Labute approximate surface area is 106 Å². The maximum Gasteiger partial charge on any atom is 0.258 e. The fourth-order valence-electron chi connectivity index (χ4n) is 1.39. The van der Waals surface area contributed by atoms with Crippen LogP contribution in [0.4, 0.5) is 0 Å². The lowest BCUT2D eigenvalue weighted by molar-refractivity contribution is 0.432. The lowest BCUT2D eigenvalue weighted by Crippen LogP contribution is -1.80. The zero-order valence-electron chi connectivity index (χ0n) is 8.50. The molecule has 0 aliphatic heterocycles. The molecule has 0 spiro atoms. The normalized spacial score (nSPS) is 10.6. The molecular weight excluding hydrogens is 258 g/mol. The summed E-state index contributed by atoms with van der Waals surface area (Å²) in [6.45, 7) is 0. The highest BCUT2D eigenvalue weighted by atomic mass is 35.5. The molecule has 3 aromatic rings. The van der Waals surface area contributed by atoms with Crippen LogP contribution in [0.15, 0.2) is 39.7 Å². The Bertz CT molecular complexity index is 636. The van der Waals surface area contributed by atoms with E-state index in [9.17, 15) is 0 Å². The van der Waals surface area contributed by atoms with Gasteiger partial charge in [0.2, 0.25) is 5.82 Å². The summed E-state index contributed by atoms with van der Waals surface area (Å²) in [6.07, 6.45) is 1.60. The van der Waals surface area contributed by atoms with Crippen LogP contribution in [0.3, 0.4) is 0 Å². The quantitative estimate of drug-likeness (QED) is 0.664. The van der Waals surface area contributed by atoms with Crippen molar-refractivity contribution < 1.29 is 4.52 Å². The van der Waals surface area contributed by atoms with Gasteiger partial charge in [0.15, 0.2) is 0 Å². The number of hydrogen-bond acceptors (Lipinski definition) is 5. The van der Waals surface area contributed by atoms with Crippen LogP contribution in [-0.2, 0) is 0 Å². The number of halogens is 1. The second kappa shape index (κ2) is 4.27. The highest BCUT2D eigenvalue weighted by molar-refractivity contribution is 7.08. The lowest BCUT2D eigenvalue weighted by Gasteiger charge is -1.92. The van der Waals surface area contributed by atoms with Gasteiger partial charge in [0.1, 0.15) is 5.15 Å². The van der Waals surface area contributed by atoms with Gasteiger partial charge in [-0.25, -0.2) is 4.98 Å². The van der Waals surface area contributed by atoms with Crippen molar-refractivity contribution in [1.82, 2.24) is 15.1 Å². The van der Waals surface area contributed by atoms with E-state index in [2.05, 4.69) is 15.1 Å². The van der Waals surface area contributed by atoms with Gasteiger partial charge in [-0.3, -0.25) is 0 Å². The fourth-order valence-corrected chi connectivity index (χ4v) is 2.19. The topological polar surface area (TPSA) is 51.8 Å². The minimum atomic E-state index is 0.401. The molecule has 4 nitrogen and oxygen atoms in total. The molecule has 0 aromatic carbocycles. The highest BCUT2D eigenvalue weighted by Crippen LogP contribution is 2.24. The van der Waals surface area contributed by atoms with Crippen LogP contribution in [0.1, 0.15) is 0 Å². The molecule has 6 heteroatoms. The van der Waals surface area contributed by atoms with E-state index in [0.29, 0.717) is 16.9 Å². The van der Waals surface area contributed by atoms with Crippen molar-refractivity contribution in [2.75, 3.05) is 0 Å². The smallest absolute Gasteiger partial charge is 0.258 e. The first kappa shape index (κ1) is 10.4. The van der Waals surface area contributed by atoms with Crippen molar-refractivity contribution in [1.29, 1.82) is 0 Å². The minimum Gasteiger partial charge on any atom is -0.334 e. The Balaban J connectivity index is 2.01. The summed E-state index contributed by atoms with van der Waals surface area (Å²) < 4.78 is 5.19. The van der Waals surface area contributed by atoms with Gasteiger partial charge in [0.25, 0.3) is 5.89 Å². The van der Waals surface area contributed by atoms with E-state index in [0.717, 1.165) is 11.1 Å². The number of aromatic nitrogens is 3. The molecule has 3 heterocycles. The number of thiophene rings is 1. The molecule has 0 saturated heterocycles. The van der Waals surface area contributed by atoms with Crippen molar-refractivity contribution in [3.8, 4) is 22.8 Å². The molecule has 0 atom stereocenters. The van der Waals surface area contributed by atoms with E-state index in [1.807, 2.05) is 16.8 Å². The van der Waals surface area contributed by atoms with Gasteiger partial charge in [-0.1, -0.05) is 16.8 Å². The van der Waals surface area contributed by atoms with Crippen LogP contribution in [0.25, 0.3) is 22.8 Å². The summed E-state index contributed by atoms with van der Waals surface area (Å²) in [6, 6.07) is 5.40. The van der Waals surface area contributed by atoms with Gasteiger partial charge in [-0.15, -0.1) is 0 Å². The summed E-state index contributed by atoms with van der Waals surface area (Å²) in [5.41, 5.74) is 1.71. The van der Waals surface area contributed by atoms with Gasteiger partial charge in [-0.05, 0) is 23.6 Å². The molecular formula is C11H6ClN3OS. The Morgan fingerprint density at radius 2 is 2.18 bits per heavy atom. The number of nitrogens with zero attached hydrogens (tertiary/aromatic N) is 3. The Kier molecular flexibility index (Phi) is 2.62. The van der Waals surface area contributed by atoms with Crippen LogP contribution in [0, 0.1) is 0 Å². The molecule has 3 aromatic heterocycles. The van der Waals surface area contributed by atoms with Crippen molar-refractivity contribution in [3.05, 3.63) is 40.3 Å². The van der Waals surface area contributed by atoms with Gasteiger partial charge in [0, 0.05) is 22.7 Å². The van der Waals surface area contributed by atoms with Gasteiger partial charge in [0.05, 0.1) is 0 Å². The highest BCUT2D eigenvalue weighted by Gasteiger charge is 2.11. The maximum absolute atomic E-state index is 5.80. The minimum absolute atomic E-state index is 0.401. The molecule has 0 fully saturated rings. The van der Waals surface area contributed by atoms with E-state index in [-0.39, 0.29) is 0 Å². The Morgan fingerprint density at radius 3 is 2.94 bits per heavy atom. The number of hydrogen-bond donors (Lipinski definition) is 0. The molecule has 0 aliphatic rings. The summed E-state index contributed by atoms with van der Waals surface area (Å²) >= 11 is 7.39. The second-order valence-corrected chi connectivity index (χ2v) is 4.47. The second-order valence-electron chi connectivity index (χ2n) is 3.30. The number of pyridine rings is 1. The first-order valence-electron chi connectivity index (χ1n) is 4.81. The SMILES string of the molecule is Clc1cc(-c2nc(-c3ccsc3)no2)ccn1. The van der Waals surface area contributed by atoms with Crippen LogP contribution in [0.5, 0.6) is 0 Å². The molecule has 0 unspecified atom stereocenters. The third kappa shape index (κ3) is 2.07. The van der Waals surface area contributed by atoms with Gasteiger partial charge < -0.3 is 4.52 Å². The standard InChI is InChI=1S/C11H6ClN3OS/c12-9-5-7(1-3-13-9)11-14-10(15-16-11)8-2-4-17-6-8/h1-6H. The molecule has 0 saturated carbocycles. The third-order valence-corrected chi connectivity index (χ3v) is 3.07. The van der Waals surface area contributed by atoms with E-state index >= 15 is 0 Å². The van der Waals surface area contributed by atoms with Crippen molar-refractivity contribution in [2.45, 2.75) is 0 Å². The Morgan fingerprint density at radius 1 is 1.24 bits per heavy atom. The van der Waals surface area contributed by atoms with E-state index in [4.69, 9.17) is 16.1 Å². The van der Waals surface area contributed by atoms with Gasteiger partial charge >= 0.3 is 0 Å². The third-order valence-electron chi connectivity index (χ3n) is 2.18. The summed E-state index contributed by atoms with van der Waals surface area (Å²) in [5, 5.41) is 8.26. The predicted octanol–water partition coefficient (Wildman–Crippen LogP) is 3.51. The first-order valence-corrected chi connectivity index (χ1v) is 6.13. The first-order chi connectivity index (χ1) is 8.33. The molecule has 0 N–H and O–H groups in total. The molecule has 0 aliphatic carbocycles. The molecule has 0 bridgehead atoms. The molecule has 0 radical (unpaired) electrons. The summed E-state index contributed by atoms with van der Waals surface area (Å²) in [7, 11) is 0. The van der Waals surface area contributed by atoms with Crippen LogP contribution >= 0.6 is 22.9 Å². The Hall–Kier alpha value is -1.72. The largest absolute Gasteiger partial charge is 0.334 e. The average molecular weight is 264 g/mol. The summed E-state index contributed by atoms with van der Waals surface area (Å²) in [4.78, 5) is 8.21. The van der Waals surface area contributed by atoms with Crippen molar-refractivity contribution >= 4 is 22.9 Å². The predicted molar refractivity (Wildman–Crippen MR) is 65.9 cm³/mol. The van der Waals surface area contributed by atoms with E-state index in [1.54, 1.807) is 29.7 Å². The molecule has 17 heavy (non-hydrogen) atoms. The van der Waals surface area contributed by atoms with Crippen LogP contribution < -0.4 is 0 Å². The zero-order chi connectivity index (χ0) is 11.7. The average Bonchev–Trinajstić information content (AvgIpc) is 3.00. The molecule has 0 amide bonds. The van der Waals surface area contributed by atoms with E-state index in [1.165, 1.54) is 0 Å². The van der Waals surface area contributed by atoms with Gasteiger partial charge in [-0.2, -0.15) is 16.3 Å².